The fraction of sp³-hybridized carbons (Fsp3) is 0.421. The molecule has 1 fully saturated rings. The molecular formula is C19H20ClNO2. The zero-order chi connectivity index (χ0) is 15.9. The van der Waals surface area contributed by atoms with Crippen LogP contribution in [0.25, 0.3) is 0 Å². The van der Waals surface area contributed by atoms with E-state index in [0.717, 1.165) is 17.2 Å². The summed E-state index contributed by atoms with van der Waals surface area (Å²) in [6.07, 6.45) is 8.02. The Bertz CT molecular complexity index is 710. The van der Waals surface area contributed by atoms with Gasteiger partial charge >= 0.3 is 0 Å². The number of nitrogens with zero attached hydrogens (tertiary/aromatic N) is 1. The van der Waals surface area contributed by atoms with Crippen LogP contribution in [0.4, 0.5) is 0 Å². The lowest BCUT2D eigenvalue weighted by Crippen LogP contribution is -2.32. The van der Waals surface area contributed by atoms with Gasteiger partial charge in [0.05, 0.1) is 5.02 Å². The summed E-state index contributed by atoms with van der Waals surface area (Å²) in [6, 6.07) is 9.89. The molecule has 0 radical (unpaired) electrons. The van der Waals surface area contributed by atoms with E-state index in [1.165, 1.54) is 37.7 Å². The zero-order valence-corrected chi connectivity index (χ0v) is 14.0. The normalized spacial score (nSPS) is 23.9. The molecule has 1 aliphatic carbocycles. The summed E-state index contributed by atoms with van der Waals surface area (Å²) in [5, 5.41) is 0.607. The van der Waals surface area contributed by atoms with Crippen LogP contribution in [0.2, 0.25) is 5.02 Å². The molecule has 0 N–H and O–H groups in total. The highest BCUT2D eigenvalue weighted by Gasteiger charge is 2.42. The summed E-state index contributed by atoms with van der Waals surface area (Å²) in [5.74, 6) is 1.38. The van der Waals surface area contributed by atoms with Crippen LogP contribution in [0.3, 0.4) is 0 Å². The predicted octanol–water partition coefficient (Wildman–Crippen LogP) is 5.43. The Morgan fingerprint density at radius 2 is 1.91 bits per heavy atom. The second kappa shape index (κ2) is 5.72. The lowest BCUT2D eigenvalue weighted by molar-refractivity contribution is -0.0722. The van der Waals surface area contributed by atoms with Crippen molar-refractivity contribution >= 4 is 11.6 Å². The first kappa shape index (κ1) is 14.8. The molecule has 1 aromatic carbocycles. The molecule has 1 aromatic heterocycles. The van der Waals surface area contributed by atoms with Crippen LogP contribution in [-0.4, -0.2) is 4.98 Å². The van der Waals surface area contributed by atoms with Gasteiger partial charge in [0.15, 0.2) is 11.5 Å². The highest BCUT2D eigenvalue weighted by Crippen LogP contribution is 2.49. The zero-order valence-electron chi connectivity index (χ0n) is 13.2. The van der Waals surface area contributed by atoms with Crippen molar-refractivity contribution in [3.63, 3.8) is 0 Å². The third kappa shape index (κ3) is 2.67. The Morgan fingerprint density at radius 1 is 1.09 bits per heavy atom. The molecule has 2 heterocycles. The summed E-state index contributed by atoms with van der Waals surface area (Å²) < 4.78 is 12.4. The number of para-hydroxylation sites is 1. The maximum Gasteiger partial charge on any atom is 0.292 e. The van der Waals surface area contributed by atoms with Crippen molar-refractivity contribution in [3.05, 3.63) is 52.8 Å². The number of fused-ring (bicyclic) bond motifs is 1. The van der Waals surface area contributed by atoms with Crippen LogP contribution in [0.5, 0.6) is 11.5 Å². The van der Waals surface area contributed by atoms with Gasteiger partial charge in [-0.15, -0.1) is 0 Å². The summed E-state index contributed by atoms with van der Waals surface area (Å²) in [5.41, 5.74) is 2.01. The minimum atomic E-state index is -0.891. The molecule has 4 heteroatoms. The van der Waals surface area contributed by atoms with Gasteiger partial charge in [0.25, 0.3) is 5.79 Å². The van der Waals surface area contributed by atoms with Crippen molar-refractivity contribution in [2.75, 3.05) is 0 Å². The third-order valence-electron chi connectivity index (χ3n) is 4.85. The Hall–Kier alpha value is -1.74. The topological polar surface area (TPSA) is 31.4 Å². The fourth-order valence-electron chi connectivity index (χ4n) is 3.63. The van der Waals surface area contributed by atoms with Crippen LogP contribution in [0, 0.1) is 0 Å². The molecule has 2 aromatic rings. The van der Waals surface area contributed by atoms with E-state index in [1.807, 2.05) is 25.1 Å². The molecule has 120 valence electrons. The number of halogens is 1. The van der Waals surface area contributed by atoms with Gasteiger partial charge in [-0.2, -0.15) is 0 Å². The Morgan fingerprint density at radius 3 is 2.65 bits per heavy atom. The van der Waals surface area contributed by atoms with Gasteiger partial charge in [0, 0.05) is 18.7 Å². The molecule has 23 heavy (non-hydrogen) atoms. The van der Waals surface area contributed by atoms with Crippen molar-refractivity contribution in [3.8, 4) is 11.5 Å². The highest BCUT2D eigenvalue weighted by molar-refractivity contribution is 6.30. The van der Waals surface area contributed by atoms with Crippen molar-refractivity contribution < 1.29 is 9.47 Å². The third-order valence-corrected chi connectivity index (χ3v) is 5.07. The lowest BCUT2D eigenvalue weighted by atomic mass is 9.83. The molecule has 1 atom stereocenters. The van der Waals surface area contributed by atoms with Gasteiger partial charge in [-0.1, -0.05) is 43.0 Å². The number of hydrogen-bond acceptors (Lipinski definition) is 3. The molecule has 0 saturated heterocycles. The molecule has 0 spiro atoms. The van der Waals surface area contributed by atoms with Gasteiger partial charge < -0.3 is 9.47 Å². The van der Waals surface area contributed by atoms with Crippen molar-refractivity contribution in [1.82, 2.24) is 4.98 Å². The number of hydrogen-bond donors (Lipinski definition) is 0. The van der Waals surface area contributed by atoms with E-state index < -0.39 is 5.79 Å². The smallest absolute Gasteiger partial charge is 0.292 e. The van der Waals surface area contributed by atoms with Gasteiger partial charge in [-0.25, -0.2) is 0 Å². The first-order chi connectivity index (χ1) is 11.2. The monoisotopic (exact) mass is 329 g/mol. The number of aromatic nitrogens is 1. The van der Waals surface area contributed by atoms with Gasteiger partial charge in [0.1, 0.15) is 5.69 Å². The molecule has 3 nitrogen and oxygen atoms in total. The molecule has 1 saturated carbocycles. The van der Waals surface area contributed by atoms with Crippen LogP contribution in [0.1, 0.15) is 56.2 Å². The molecule has 2 aliphatic rings. The van der Waals surface area contributed by atoms with Crippen LogP contribution >= 0.6 is 11.6 Å². The van der Waals surface area contributed by atoms with E-state index in [1.54, 1.807) is 6.20 Å². The number of pyridine rings is 1. The first-order valence-electron chi connectivity index (χ1n) is 8.29. The second-order valence-corrected chi connectivity index (χ2v) is 6.96. The fourth-order valence-corrected chi connectivity index (χ4v) is 3.74. The van der Waals surface area contributed by atoms with Crippen LogP contribution < -0.4 is 9.47 Å². The first-order valence-corrected chi connectivity index (χ1v) is 8.66. The van der Waals surface area contributed by atoms with E-state index in [2.05, 4.69) is 17.1 Å². The molecule has 4 rings (SSSR count). The minimum Gasteiger partial charge on any atom is -0.443 e. The summed E-state index contributed by atoms with van der Waals surface area (Å²) in [7, 11) is 0. The van der Waals surface area contributed by atoms with Gasteiger partial charge in [-0.05, 0) is 37.0 Å². The van der Waals surface area contributed by atoms with E-state index in [9.17, 15) is 0 Å². The second-order valence-electron chi connectivity index (χ2n) is 6.52. The number of ether oxygens (including phenoxy) is 2. The molecular weight excluding hydrogens is 310 g/mol. The average Bonchev–Trinajstić information content (AvgIpc) is 2.93. The van der Waals surface area contributed by atoms with E-state index >= 15 is 0 Å². The van der Waals surface area contributed by atoms with Crippen molar-refractivity contribution in [1.29, 1.82) is 0 Å². The summed E-state index contributed by atoms with van der Waals surface area (Å²) in [6.45, 7) is 1.91. The maximum atomic E-state index is 6.28. The van der Waals surface area contributed by atoms with E-state index in [0.29, 0.717) is 10.9 Å². The summed E-state index contributed by atoms with van der Waals surface area (Å²) >= 11 is 5.94. The maximum absolute atomic E-state index is 6.28. The van der Waals surface area contributed by atoms with Gasteiger partial charge in [0.2, 0.25) is 0 Å². The van der Waals surface area contributed by atoms with Crippen LogP contribution in [0.15, 0.2) is 36.5 Å². The lowest BCUT2D eigenvalue weighted by Gasteiger charge is -2.25. The number of benzene rings is 1. The summed E-state index contributed by atoms with van der Waals surface area (Å²) in [4.78, 5) is 4.38. The van der Waals surface area contributed by atoms with E-state index in [-0.39, 0.29) is 0 Å². The number of rotatable bonds is 2. The molecule has 0 unspecified atom stereocenters. The van der Waals surface area contributed by atoms with Gasteiger partial charge in [-0.3, -0.25) is 4.98 Å². The SMILES string of the molecule is C[C@]1(c2ccc(Cl)cn2)Oc2cccc(C3CCCCC3)c2O1. The van der Waals surface area contributed by atoms with E-state index in [4.69, 9.17) is 21.1 Å². The molecule has 1 aliphatic heterocycles. The Kier molecular flexibility index (Phi) is 3.68. The minimum absolute atomic E-state index is 0.572. The Balaban J connectivity index is 1.67. The standard InChI is InChI=1S/C19H20ClNO2/c1-19(17-11-10-14(20)12-21-17)22-16-9-5-8-15(18(16)23-19)13-6-3-2-4-7-13/h5,8-13H,2-4,6-7H2,1H3/t19-/m0/s1. The highest BCUT2D eigenvalue weighted by atomic mass is 35.5. The largest absolute Gasteiger partial charge is 0.443 e. The van der Waals surface area contributed by atoms with Crippen molar-refractivity contribution in [2.24, 2.45) is 0 Å². The predicted molar refractivity (Wildman–Crippen MR) is 90.1 cm³/mol. The molecule has 0 bridgehead atoms. The Labute approximate surface area is 141 Å². The quantitative estimate of drug-likeness (QED) is 0.736. The molecule has 0 amide bonds. The van der Waals surface area contributed by atoms with Crippen molar-refractivity contribution in [2.45, 2.75) is 50.7 Å². The average molecular weight is 330 g/mol. The van der Waals surface area contributed by atoms with Crippen LogP contribution in [-0.2, 0) is 5.79 Å².